The minimum absolute atomic E-state index is 0.211. The van der Waals surface area contributed by atoms with Gasteiger partial charge in [-0.1, -0.05) is 62.0 Å². The molecule has 4 nitrogen and oxygen atoms in total. The van der Waals surface area contributed by atoms with Crippen LogP contribution in [0.15, 0.2) is 27.9 Å². The maximum atomic E-state index is 6.12. The maximum absolute atomic E-state index is 6.12. The van der Waals surface area contributed by atoms with Crippen LogP contribution in [0.1, 0.15) is 70.4 Å². The van der Waals surface area contributed by atoms with Gasteiger partial charge in [-0.25, -0.2) is 0 Å². The summed E-state index contributed by atoms with van der Waals surface area (Å²) in [4.78, 5) is 5.30. The van der Waals surface area contributed by atoms with Gasteiger partial charge >= 0.3 is 0 Å². The summed E-state index contributed by atoms with van der Waals surface area (Å²) >= 11 is 11.3. The van der Waals surface area contributed by atoms with Gasteiger partial charge in [-0.2, -0.15) is 0 Å². The van der Waals surface area contributed by atoms with E-state index in [-0.39, 0.29) is 4.49 Å². The lowest BCUT2D eigenvalue weighted by molar-refractivity contribution is 0.136. The van der Waals surface area contributed by atoms with E-state index in [1.54, 1.807) is 6.08 Å². The maximum Gasteiger partial charge on any atom is 0.125 e. The summed E-state index contributed by atoms with van der Waals surface area (Å²) in [5, 5.41) is 4.00. The van der Waals surface area contributed by atoms with Gasteiger partial charge in [-0.05, 0) is 67.9 Å². The van der Waals surface area contributed by atoms with E-state index < -0.39 is 0 Å². The first-order valence-corrected chi connectivity index (χ1v) is 11.4. The number of oxime groups is 1. The van der Waals surface area contributed by atoms with Gasteiger partial charge in [0.05, 0.1) is 6.61 Å². The second-order valence-corrected chi connectivity index (χ2v) is 7.76. The number of ether oxygens (including phenoxy) is 2. The third-order valence-electron chi connectivity index (χ3n) is 4.43. The van der Waals surface area contributed by atoms with Crippen molar-refractivity contribution in [2.45, 2.75) is 72.1 Å². The number of hydrogen-bond acceptors (Lipinski definition) is 4. The number of hydrogen-bond donors (Lipinski definition) is 0. The third-order valence-corrected chi connectivity index (χ3v) is 4.74. The zero-order chi connectivity index (χ0) is 21.3. The molecular weight excluding hydrogens is 409 g/mol. The molecule has 164 valence electrons. The summed E-state index contributed by atoms with van der Waals surface area (Å²) < 4.78 is 12.1. The largest absolute Gasteiger partial charge is 0.493 e. The predicted molar refractivity (Wildman–Crippen MR) is 124 cm³/mol. The van der Waals surface area contributed by atoms with E-state index in [2.05, 4.69) is 25.9 Å². The Morgan fingerprint density at radius 3 is 2.24 bits per heavy atom. The summed E-state index contributed by atoms with van der Waals surface area (Å²) in [5.41, 5.74) is 2.29. The van der Waals surface area contributed by atoms with Crippen LogP contribution in [0.5, 0.6) is 11.5 Å². The van der Waals surface area contributed by atoms with Crippen molar-refractivity contribution in [1.82, 2.24) is 0 Å². The smallest absolute Gasteiger partial charge is 0.125 e. The minimum Gasteiger partial charge on any atom is -0.493 e. The fourth-order valence-corrected chi connectivity index (χ4v) is 2.93. The summed E-state index contributed by atoms with van der Waals surface area (Å²) in [5.74, 6) is 1.78. The zero-order valence-electron chi connectivity index (χ0n) is 18.0. The van der Waals surface area contributed by atoms with E-state index in [0.29, 0.717) is 19.8 Å². The van der Waals surface area contributed by atoms with Crippen LogP contribution in [-0.2, 0) is 17.7 Å². The van der Waals surface area contributed by atoms with Crippen LogP contribution in [0.3, 0.4) is 0 Å². The van der Waals surface area contributed by atoms with E-state index in [4.69, 9.17) is 37.5 Å². The molecule has 29 heavy (non-hydrogen) atoms. The topological polar surface area (TPSA) is 40.0 Å². The fraction of sp³-hybridized carbons (Fsp3) is 0.609. The lowest BCUT2D eigenvalue weighted by Crippen LogP contribution is -2.05. The van der Waals surface area contributed by atoms with Gasteiger partial charge in [0.15, 0.2) is 0 Å². The molecule has 0 amide bonds. The van der Waals surface area contributed by atoms with E-state index in [1.165, 1.54) is 19.3 Å². The van der Waals surface area contributed by atoms with E-state index in [9.17, 15) is 0 Å². The number of nitrogens with zero attached hydrogens (tertiary/aromatic N) is 1. The van der Waals surface area contributed by atoms with Crippen LogP contribution < -0.4 is 9.47 Å². The van der Waals surface area contributed by atoms with Crippen molar-refractivity contribution in [3.63, 3.8) is 0 Å². The van der Waals surface area contributed by atoms with Gasteiger partial charge in [-0.15, -0.1) is 0 Å². The Hall–Kier alpha value is -1.39. The molecule has 0 aliphatic carbocycles. The number of rotatable bonds is 16. The average Bonchev–Trinajstić information content (AvgIpc) is 2.71. The molecule has 1 rings (SSSR count). The Labute approximate surface area is 186 Å². The normalized spacial score (nSPS) is 10.9. The summed E-state index contributed by atoms with van der Waals surface area (Å²) in [7, 11) is 0. The fourth-order valence-electron chi connectivity index (χ4n) is 2.80. The van der Waals surface area contributed by atoms with E-state index >= 15 is 0 Å². The molecule has 0 unspecified atom stereocenters. The Morgan fingerprint density at radius 2 is 1.62 bits per heavy atom. The zero-order valence-corrected chi connectivity index (χ0v) is 19.5. The van der Waals surface area contributed by atoms with Crippen molar-refractivity contribution in [1.29, 1.82) is 0 Å². The van der Waals surface area contributed by atoms with Crippen molar-refractivity contribution < 1.29 is 14.3 Å². The van der Waals surface area contributed by atoms with Crippen LogP contribution in [0.25, 0.3) is 0 Å². The van der Waals surface area contributed by atoms with Crippen LogP contribution in [0.2, 0.25) is 0 Å². The molecule has 0 N–H and O–H groups in total. The molecule has 0 heterocycles. The summed E-state index contributed by atoms with van der Waals surface area (Å²) in [6.07, 6.45) is 11.7. The Balaban J connectivity index is 2.43. The third kappa shape index (κ3) is 11.4. The Kier molecular flexibility index (Phi) is 14.5. The molecule has 0 spiro atoms. The van der Waals surface area contributed by atoms with Crippen LogP contribution >= 0.6 is 23.2 Å². The molecule has 0 radical (unpaired) electrons. The van der Waals surface area contributed by atoms with E-state index in [1.807, 2.05) is 18.3 Å². The first-order valence-electron chi connectivity index (χ1n) is 10.7. The quantitative estimate of drug-likeness (QED) is 0.153. The van der Waals surface area contributed by atoms with Gasteiger partial charge < -0.3 is 14.3 Å². The first kappa shape index (κ1) is 25.6. The average molecular weight is 444 g/mol. The molecule has 0 aromatic heterocycles. The number of benzene rings is 1. The molecule has 1 aromatic carbocycles. The lowest BCUT2D eigenvalue weighted by atomic mass is 10.0. The molecule has 0 aliphatic rings. The second kappa shape index (κ2) is 16.4. The number of aryl methyl sites for hydroxylation is 2. The molecule has 6 heteroatoms. The standard InChI is InChI=1S/C23H35Cl2NO3/c1-4-7-8-9-13-26-29-15-11-10-14-28-23-19(5-2)17-21(18-20(23)6-3)27-16-12-22(24)25/h12-13,17-18H,4-11,14-16H2,1-3H3. The van der Waals surface area contributed by atoms with Crippen LogP contribution in [-0.4, -0.2) is 26.0 Å². The predicted octanol–water partition coefficient (Wildman–Crippen LogP) is 7.25. The molecule has 0 bridgehead atoms. The summed E-state index contributed by atoms with van der Waals surface area (Å²) in [6, 6.07) is 4.06. The van der Waals surface area contributed by atoms with Crippen molar-refractivity contribution >= 4 is 29.4 Å². The van der Waals surface area contributed by atoms with Crippen LogP contribution in [0, 0.1) is 0 Å². The Bertz CT molecular complexity index is 604. The monoisotopic (exact) mass is 443 g/mol. The van der Waals surface area contributed by atoms with Crippen molar-refractivity contribution in [3.8, 4) is 11.5 Å². The highest BCUT2D eigenvalue weighted by Crippen LogP contribution is 2.31. The Morgan fingerprint density at radius 1 is 0.931 bits per heavy atom. The molecule has 1 aromatic rings. The van der Waals surface area contributed by atoms with Gasteiger partial charge in [0, 0.05) is 6.21 Å². The first-order chi connectivity index (χ1) is 14.1. The lowest BCUT2D eigenvalue weighted by Gasteiger charge is -2.17. The number of halogens is 2. The van der Waals surface area contributed by atoms with Gasteiger partial charge in [0.2, 0.25) is 0 Å². The van der Waals surface area contributed by atoms with Gasteiger partial charge in [-0.3, -0.25) is 0 Å². The molecule has 0 fully saturated rings. The van der Waals surface area contributed by atoms with Crippen molar-refractivity contribution in [2.24, 2.45) is 5.16 Å². The molecule has 0 aliphatic heterocycles. The van der Waals surface area contributed by atoms with Crippen molar-refractivity contribution in [3.05, 3.63) is 33.8 Å². The SMILES string of the molecule is CCCCCC=NOCCCCOc1c(CC)cc(OCC=C(Cl)Cl)cc1CC. The number of unbranched alkanes of at least 4 members (excludes halogenated alkanes) is 4. The minimum atomic E-state index is 0.211. The van der Waals surface area contributed by atoms with Gasteiger partial charge in [0.25, 0.3) is 0 Å². The second-order valence-electron chi connectivity index (χ2n) is 6.76. The highest BCUT2D eigenvalue weighted by Gasteiger charge is 2.11. The van der Waals surface area contributed by atoms with Crippen LogP contribution in [0.4, 0.5) is 0 Å². The summed E-state index contributed by atoms with van der Waals surface area (Å²) in [6.45, 7) is 8.06. The molecule has 0 saturated carbocycles. The van der Waals surface area contributed by atoms with Crippen molar-refractivity contribution in [2.75, 3.05) is 19.8 Å². The van der Waals surface area contributed by atoms with E-state index in [0.717, 1.165) is 54.7 Å². The highest BCUT2D eigenvalue weighted by molar-refractivity contribution is 6.55. The molecule has 0 atom stereocenters. The highest BCUT2D eigenvalue weighted by atomic mass is 35.5. The molecular formula is C23H35Cl2NO3. The van der Waals surface area contributed by atoms with Gasteiger partial charge in [0.1, 0.15) is 29.2 Å². The molecule has 0 saturated heterocycles.